The van der Waals surface area contributed by atoms with Crippen molar-refractivity contribution in [1.29, 1.82) is 0 Å². The molecule has 0 atom stereocenters. The number of nitrogens with zero attached hydrogens (tertiary/aromatic N) is 2. The van der Waals surface area contributed by atoms with E-state index in [9.17, 15) is 4.79 Å². The second-order valence-electron chi connectivity index (χ2n) is 7.45. The number of aromatic amines is 1. The quantitative estimate of drug-likeness (QED) is 0.260. The Morgan fingerprint density at radius 1 is 1.09 bits per heavy atom. The monoisotopic (exact) mass is 467 g/mol. The standard InChI is InChI=1S/C24H22ClN3O3S/c1-14(2)30-19-9-7-16(8-10-19)23-26-21(15(3)31-23)13-32-24-27-20(12-22(29)28-24)17-5-4-6-18(25)11-17/h4-12,14H,13H2,1-3H3,(H,27,28,29). The Labute approximate surface area is 195 Å². The van der Waals surface area contributed by atoms with Gasteiger partial charge in [0.05, 0.1) is 17.5 Å². The summed E-state index contributed by atoms with van der Waals surface area (Å²) in [7, 11) is 0. The number of hydrogen-bond acceptors (Lipinski definition) is 6. The second-order valence-corrected chi connectivity index (χ2v) is 8.85. The van der Waals surface area contributed by atoms with Gasteiger partial charge >= 0.3 is 0 Å². The van der Waals surface area contributed by atoms with Crippen molar-refractivity contribution in [3.8, 4) is 28.5 Å². The molecule has 6 nitrogen and oxygen atoms in total. The normalized spacial score (nSPS) is 11.2. The van der Waals surface area contributed by atoms with E-state index in [-0.39, 0.29) is 11.7 Å². The summed E-state index contributed by atoms with van der Waals surface area (Å²) < 4.78 is 11.5. The summed E-state index contributed by atoms with van der Waals surface area (Å²) in [5.74, 6) is 2.58. The minimum absolute atomic E-state index is 0.117. The fourth-order valence-electron chi connectivity index (χ4n) is 3.07. The molecule has 4 rings (SSSR count). The van der Waals surface area contributed by atoms with E-state index in [1.54, 1.807) is 12.1 Å². The molecule has 2 heterocycles. The number of ether oxygens (including phenoxy) is 1. The molecule has 0 spiro atoms. The number of hydrogen-bond donors (Lipinski definition) is 1. The van der Waals surface area contributed by atoms with E-state index in [2.05, 4.69) is 15.0 Å². The van der Waals surface area contributed by atoms with Gasteiger partial charge in [-0.25, -0.2) is 9.97 Å². The third kappa shape index (κ3) is 5.41. The van der Waals surface area contributed by atoms with E-state index in [0.29, 0.717) is 27.5 Å². The molecule has 8 heteroatoms. The van der Waals surface area contributed by atoms with Crippen LogP contribution in [0.4, 0.5) is 0 Å². The van der Waals surface area contributed by atoms with Crippen LogP contribution in [0.5, 0.6) is 5.75 Å². The first-order valence-corrected chi connectivity index (χ1v) is 11.5. The average molecular weight is 468 g/mol. The van der Waals surface area contributed by atoms with Crippen LogP contribution < -0.4 is 10.3 Å². The molecule has 164 valence electrons. The van der Waals surface area contributed by atoms with Crippen molar-refractivity contribution in [2.45, 2.75) is 37.8 Å². The van der Waals surface area contributed by atoms with Crippen LogP contribution in [0.3, 0.4) is 0 Å². The fourth-order valence-corrected chi connectivity index (χ4v) is 4.14. The van der Waals surface area contributed by atoms with Crippen LogP contribution in [0, 0.1) is 6.92 Å². The Kier molecular flexibility index (Phi) is 6.67. The number of halogens is 1. The molecule has 4 aromatic rings. The number of thioether (sulfide) groups is 1. The van der Waals surface area contributed by atoms with Crippen molar-refractivity contribution in [2.24, 2.45) is 0 Å². The number of aryl methyl sites for hydroxylation is 1. The fraction of sp³-hybridized carbons (Fsp3) is 0.208. The predicted octanol–water partition coefficient (Wildman–Crippen LogP) is 6.13. The van der Waals surface area contributed by atoms with Crippen LogP contribution in [0.25, 0.3) is 22.7 Å². The second kappa shape index (κ2) is 9.63. The molecule has 1 N–H and O–H groups in total. The lowest BCUT2D eigenvalue weighted by Gasteiger charge is -2.09. The van der Waals surface area contributed by atoms with Gasteiger partial charge in [0.2, 0.25) is 5.89 Å². The van der Waals surface area contributed by atoms with Gasteiger partial charge in [-0.05, 0) is 57.2 Å². The number of nitrogens with one attached hydrogen (secondary N) is 1. The van der Waals surface area contributed by atoms with Gasteiger partial charge in [-0.2, -0.15) is 0 Å². The predicted molar refractivity (Wildman–Crippen MR) is 127 cm³/mol. The first kappa shape index (κ1) is 22.2. The van der Waals surface area contributed by atoms with E-state index in [1.807, 2.05) is 57.2 Å². The molecular weight excluding hydrogens is 446 g/mol. The van der Waals surface area contributed by atoms with Crippen molar-refractivity contribution in [2.75, 3.05) is 0 Å². The number of oxazole rings is 1. The molecule has 0 aliphatic rings. The molecule has 0 radical (unpaired) electrons. The number of benzene rings is 2. The number of aromatic nitrogens is 3. The van der Waals surface area contributed by atoms with Crippen molar-refractivity contribution < 1.29 is 9.15 Å². The molecule has 2 aromatic heterocycles. The maximum atomic E-state index is 12.1. The van der Waals surface area contributed by atoms with Gasteiger partial charge in [0.1, 0.15) is 11.5 Å². The molecule has 0 aliphatic carbocycles. The summed E-state index contributed by atoms with van der Waals surface area (Å²) >= 11 is 7.46. The highest BCUT2D eigenvalue weighted by Gasteiger charge is 2.13. The van der Waals surface area contributed by atoms with Crippen LogP contribution in [-0.2, 0) is 5.75 Å². The molecule has 0 unspecified atom stereocenters. The van der Waals surface area contributed by atoms with E-state index in [1.165, 1.54) is 17.8 Å². The van der Waals surface area contributed by atoms with Crippen LogP contribution in [0.2, 0.25) is 5.02 Å². The van der Waals surface area contributed by atoms with Crippen molar-refractivity contribution in [3.63, 3.8) is 0 Å². The number of H-pyrrole nitrogens is 1. The van der Waals surface area contributed by atoms with Gasteiger partial charge in [-0.3, -0.25) is 4.79 Å². The summed E-state index contributed by atoms with van der Waals surface area (Å²) in [6.07, 6.45) is 0.117. The SMILES string of the molecule is Cc1oc(-c2ccc(OC(C)C)cc2)nc1CSc1nc(-c2cccc(Cl)c2)cc(=O)[nH]1. The highest BCUT2D eigenvalue weighted by Crippen LogP contribution is 2.28. The zero-order valence-corrected chi connectivity index (χ0v) is 19.5. The molecule has 0 aliphatic heterocycles. The summed E-state index contributed by atoms with van der Waals surface area (Å²) in [6.45, 7) is 5.85. The maximum Gasteiger partial charge on any atom is 0.252 e. The van der Waals surface area contributed by atoms with E-state index < -0.39 is 0 Å². The molecule has 2 aromatic carbocycles. The van der Waals surface area contributed by atoms with Crippen LogP contribution >= 0.6 is 23.4 Å². The van der Waals surface area contributed by atoms with Gasteiger partial charge < -0.3 is 14.1 Å². The maximum absolute atomic E-state index is 12.1. The van der Waals surface area contributed by atoms with Crippen molar-refractivity contribution >= 4 is 23.4 Å². The highest BCUT2D eigenvalue weighted by atomic mass is 35.5. The van der Waals surface area contributed by atoms with Crippen LogP contribution in [-0.4, -0.2) is 21.1 Å². The summed E-state index contributed by atoms with van der Waals surface area (Å²) in [6, 6.07) is 16.4. The highest BCUT2D eigenvalue weighted by molar-refractivity contribution is 7.98. The van der Waals surface area contributed by atoms with E-state index in [0.717, 1.165) is 28.3 Å². The van der Waals surface area contributed by atoms with Crippen LogP contribution in [0.1, 0.15) is 25.3 Å². The Balaban J connectivity index is 1.50. The van der Waals surface area contributed by atoms with Crippen LogP contribution in [0.15, 0.2) is 69.0 Å². The first-order valence-electron chi connectivity index (χ1n) is 10.1. The molecular formula is C24H22ClN3O3S. The Morgan fingerprint density at radius 3 is 2.59 bits per heavy atom. The Hall–Kier alpha value is -3.03. The lowest BCUT2D eigenvalue weighted by molar-refractivity contribution is 0.242. The molecule has 0 saturated heterocycles. The summed E-state index contributed by atoms with van der Waals surface area (Å²) in [5, 5.41) is 1.10. The molecule has 0 fully saturated rings. The zero-order chi connectivity index (χ0) is 22.7. The molecule has 0 saturated carbocycles. The van der Waals surface area contributed by atoms with E-state index >= 15 is 0 Å². The molecule has 0 amide bonds. The van der Waals surface area contributed by atoms with Crippen molar-refractivity contribution in [1.82, 2.24) is 15.0 Å². The third-order valence-electron chi connectivity index (χ3n) is 4.55. The smallest absolute Gasteiger partial charge is 0.252 e. The van der Waals surface area contributed by atoms with Gasteiger partial charge in [0, 0.05) is 28.0 Å². The zero-order valence-electron chi connectivity index (χ0n) is 17.9. The third-order valence-corrected chi connectivity index (χ3v) is 5.67. The topological polar surface area (TPSA) is 81.0 Å². The summed E-state index contributed by atoms with van der Waals surface area (Å²) in [5.41, 5.74) is 2.80. The summed E-state index contributed by atoms with van der Waals surface area (Å²) in [4.78, 5) is 24.1. The number of rotatable bonds is 7. The Morgan fingerprint density at radius 2 is 1.88 bits per heavy atom. The van der Waals surface area contributed by atoms with E-state index in [4.69, 9.17) is 20.8 Å². The van der Waals surface area contributed by atoms with Crippen molar-refractivity contribution in [3.05, 3.63) is 81.4 Å². The lowest BCUT2D eigenvalue weighted by Crippen LogP contribution is -2.08. The van der Waals surface area contributed by atoms with Gasteiger partial charge in [0.25, 0.3) is 5.56 Å². The average Bonchev–Trinajstić information content (AvgIpc) is 3.12. The first-order chi connectivity index (χ1) is 15.4. The molecule has 32 heavy (non-hydrogen) atoms. The lowest BCUT2D eigenvalue weighted by atomic mass is 10.1. The Bertz CT molecular complexity index is 1280. The van der Waals surface area contributed by atoms with Gasteiger partial charge in [-0.15, -0.1) is 0 Å². The molecule has 0 bridgehead atoms. The van der Waals surface area contributed by atoms with Gasteiger partial charge in [0.15, 0.2) is 5.16 Å². The largest absolute Gasteiger partial charge is 0.491 e. The minimum Gasteiger partial charge on any atom is -0.491 e. The van der Waals surface area contributed by atoms with Gasteiger partial charge in [-0.1, -0.05) is 35.5 Å². The minimum atomic E-state index is -0.223.